The van der Waals surface area contributed by atoms with Crippen molar-refractivity contribution in [2.24, 2.45) is 0 Å². The van der Waals surface area contributed by atoms with Crippen LogP contribution < -0.4 is 5.32 Å². The van der Waals surface area contributed by atoms with Crippen LogP contribution in [0.25, 0.3) is 0 Å². The van der Waals surface area contributed by atoms with Crippen LogP contribution in [0.15, 0.2) is 48.5 Å². The first-order chi connectivity index (χ1) is 8.28. The summed E-state index contributed by atoms with van der Waals surface area (Å²) in [6.45, 7) is 0.685. The summed E-state index contributed by atoms with van der Waals surface area (Å²) >= 11 is 0. The minimum atomic E-state index is 0.0433. The molecule has 0 heterocycles. The maximum Gasteiger partial charge on any atom is 0.115 e. The Hall–Kier alpha value is -2.00. The minimum Gasteiger partial charge on any atom is -0.508 e. The van der Waals surface area contributed by atoms with Crippen LogP contribution in [0.4, 0.5) is 5.69 Å². The van der Waals surface area contributed by atoms with E-state index in [-0.39, 0.29) is 12.4 Å². The lowest BCUT2D eigenvalue weighted by atomic mass is 10.2. The summed E-state index contributed by atoms with van der Waals surface area (Å²) in [5.74, 6) is 0.272. The smallest absolute Gasteiger partial charge is 0.115 e. The largest absolute Gasteiger partial charge is 0.508 e. The number of anilines is 1. The predicted octanol–water partition coefficient (Wildman–Crippen LogP) is 2.50. The average Bonchev–Trinajstić information content (AvgIpc) is 2.37. The summed E-state index contributed by atoms with van der Waals surface area (Å²) in [6.07, 6.45) is 0. The number of nitrogens with one attached hydrogen (secondary N) is 1. The zero-order valence-corrected chi connectivity index (χ0v) is 9.43. The van der Waals surface area contributed by atoms with Gasteiger partial charge in [-0.05, 0) is 35.4 Å². The molecule has 2 aromatic carbocycles. The van der Waals surface area contributed by atoms with Gasteiger partial charge in [-0.3, -0.25) is 0 Å². The Morgan fingerprint density at radius 2 is 1.71 bits per heavy atom. The highest BCUT2D eigenvalue weighted by atomic mass is 16.3. The molecule has 0 spiro atoms. The third kappa shape index (κ3) is 3.23. The molecule has 0 amide bonds. The van der Waals surface area contributed by atoms with E-state index in [1.807, 2.05) is 36.4 Å². The Kier molecular flexibility index (Phi) is 3.62. The van der Waals surface area contributed by atoms with Crippen LogP contribution >= 0.6 is 0 Å². The lowest BCUT2D eigenvalue weighted by molar-refractivity contribution is 0.282. The Labute approximate surface area is 100 Å². The highest BCUT2D eigenvalue weighted by molar-refractivity contribution is 5.46. The number of rotatable bonds is 4. The number of hydrogen-bond donors (Lipinski definition) is 3. The molecule has 0 aliphatic carbocycles. The van der Waals surface area contributed by atoms with Crippen molar-refractivity contribution in [1.82, 2.24) is 0 Å². The average molecular weight is 229 g/mol. The topological polar surface area (TPSA) is 52.5 Å². The van der Waals surface area contributed by atoms with Gasteiger partial charge in [0.2, 0.25) is 0 Å². The Balaban J connectivity index is 2.02. The Bertz CT molecular complexity index is 497. The highest BCUT2D eigenvalue weighted by Gasteiger charge is 1.97. The molecule has 3 heteroatoms. The van der Waals surface area contributed by atoms with Crippen molar-refractivity contribution in [3.63, 3.8) is 0 Å². The van der Waals surface area contributed by atoms with E-state index in [0.717, 1.165) is 16.8 Å². The second-order valence-electron chi connectivity index (χ2n) is 3.88. The Morgan fingerprint density at radius 3 is 2.47 bits per heavy atom. The van der Waals surface area contributed by atoms with Gasteiger partial charge in [0.05, 0.1) is 6.61 Å². The summed E-state index contributed by atoms with van der Waals surface area (Å²) in [7, 11) is 0. The number of benzene rings is 2. The van der Waals surface area contributed by atoms with E-state index in [0.29, 0.717) is 6.54 Å². The van der Waals surface area contributed by atoms with Gasteiger partial charge in [0, 0.05) is 12.2 Å². The fourth-order valence-corrected chi connectivity index (χ4v) is 1.65. The monoisotopic (exact) mass is 229 g/mol. The van der Waals surface area contributed by atoms with Gasteiger partial charge in [-0.15, -0.1) is 0 Å². The second-order valence-corrected chi connectivity index (χ2v) is 3.88. The standard InChI is InChI=1S/C14H15NO2/c16-10-12-4-1-5-13(7-12)15-9-11-3-2-6-14(17)8-11/h1-8,15-17H,9-10H2. The van der Waals surface area contributed by atoms with Crippen molar-refractivity contribution in [2.45, 2.75) is 13.2 Å². The molecule has 3 nitrogen and oxygen atoms in total. The van der Waals surface area contributed by atoms with Crippen molar-refractivity contribution in [2.75, 3.05) is 5.32 Å². The lowest BCUT2D eigenvalue weighted by Crippen LogP contribution is -1.99. The summed E-state index contributed by atoms with van der Waals surface area (Å²) in [4.78, 5) is 0. The van der Waals surface area contributed by atoms with Crippen molar-refractivity contribution in [1.29, 1.82) is 0 Å². The molecule has 88 valence electrons. The molecule has 0 saturated carbocycles. The van der Waals surface area contributed by atoms with E-state index in [9.17, 15) is 5.11 Å². The molecule has 3 N–H and O–H groups in total. The van der Waals surface area contributed by atoms with Gasteiger partial charge >= 0.3 is 0 Å². The molecule has 0 atom stereocenters. The molecule has 2 aromatic rings. The maximum absolute atomic E-state index is 9.33. The van der Waals surface area contributed by atoms with Gasteiger partial charge < -0.3 is 15.5 Å². The fraction of sp³-hybridized carbons (Fsp3) is 0.143. The third-order valence-corrected chi connectivity index (χ3v) is 2.52. The summed E-state index contributed by atoms with van der Waals surface area (Å²) in [5.41, 5.74) is 2.85. The number of aliphatic hydroxyl groups is 1. The lowest BCUT2D eigenvalue weighted by Gasteiger charge is -2.08. The van der Waals surface area contributed by atoms with Gasteiger partial charge in [-0.2, -0.15) is 0 Å². The molecule has 0 aromatic heterocycles. The molecule has 0 bridgehead atoms. The predicted molar refractivity (Wildman–Crippen MR) is 67.8 cm³/mol. The van der Waals surface area contributed by atoms with Gasteiger partial charge in [-0.25, -0.2) is 0 Å². The van der Waals surface area contributed by atoms with E-state index >= 15 is 0 Å². The first-order valence-corrected chi connectivity index (χ1v) is 5.49. The SMILES string of the molecule is OCc1cccc(NCc2cccc(O)c2)c1. The van der Waals surface area contributed by atoms with Crippen molar-refractivity contribution in [3.8, 4) is 5.75 Å². The number of phenolic OH excluding ortho intramolecular Hbond substituents is 1. The van der Waals surface area contributed by atoms with Crippen LogP contribution in [0.1, 0.15) is 11.1 Å². The molecule has 0 radical (unpaired) electrons. The molecule has 0 fully saturated rings. The van der Waals surface area contributed by atoms with Crippen molar-refractivity contribution < 1.29 is 10.2 Å². The number of hydrogen-bond acceptors (Lipinski definition) is 3. The first-order valence-electron chi connectivity index (χ1n) is 5.49. The van der Waals surface area contributed by atoms with Crippen molar-refractivity contribution >= 4 is 5.69 Å². The third-order valence-electron chi connectivity index (χ3n) is 2.52. The van der Waals surface area contributed by atoms with Crippen LogP contribution in [0.2, 0.25) is 0 Å². The highest BCUT2D eigenvalue weighted by Crippen LogP contribution is 2.14. The molecule has 0 saturated heterocycles. The van der Waals surface area contributed by atoms with E-state index in [1.54, 1.807) is 12.1 Å². The first kappa shape index (κ1) is 11.5. The Morgan fingerprint density at radius 1 is 0.941 bits per heavy atom. The molecule has 0 aliphatic heterocycles. The molecule has 17 heavy (non-hydrogen) atoms. The van der Waals surface area contributed by atoms with E-state index < -0.39 is 0 Å². The molecule has 0 aliphatic rings. The van der Waals surface area contributed by atoms with Gasteiger partial charge in [0.15, 0.2) is 0 Å². The van der Waals surface area contributed by atoms with Crippen LogP contribution in [-0.2, 0) is 13.2 Å². The quantitative estimate of drug-likeness (QED) is 0.755. The number of aliphatic hydroxyl groups excluding tert-OH is 1. The van der Waals surface area contributed by atoms with Crippen LogP contribution in [0.3, 0.4) is 0 Å². The number of aromatic hydroxyl groups is 1. The van der Waals surface area contributed by atoms with Gasteiger partial charge in [0.1, 0.15) is 5.75 Å². The van der Waals surface area contributed by atoms with Crippen molar-refractivity contribution in [3.05, 3.63) is 59.7 Å². The molecule has 0 unspecified atom stereocenters. The zero-order valence-electron chi connectivity index (χ0n) is 9.43. The van der Waals surface area contributed by atoms with Crippen LogP contribution in [0.5, 0.6) is 5.75 Å². The minimum absolute atomic E-state index is 0.0433. The van der Waals surface area contributed by atoms with E-state index in [4.69, 9.17) is 5.11 Å². The van der Waals surface area contributed by atoms with E-state index in [1.165, 1.54) is 0 Å². The maximum atomic E-state index is 9.33. The summed E-state index contributed by atoms with van der Waals surface area (Å²) < 4.78 is 0. The van der Waals surface area contributed by atoms with Crippen LogP contribution in [0, 0.1) is 0 Å². The summed E-state index contributed by atoms with van der Waals surface area (Å²) in [6, 6.07) is 14.8. The van der Waals surface area contributed by atoms with E-state index in [2.05, 4.69) is 5.32 Å². The fourth-order valence-electron chi connectivity index (χ4n) is 1.65. The molecular formula is C14H15NO2. The van der Waals surface area contributed by atoms with Crippen LogP contribution in [-0.4, -0.2) is 10.2 Å². The zero-order chi connectivity index (χ0) is 12.1. The van der Waals surface area contributed by atoms with Gasteiger partial charge in [0.25, 0.3) is 0 Å². The summed E-state index contributed by atoms with van der Waals surface area (Å²) in [5, 5.41) is 21.6. The molecular weight excluding hydrogens is 214 g/mol. The molecule has 2 rings (SSSR count). The second kappa shape index (κ2) is 5.37. The van der Waals surface area contributed by atoms with Gasteiger partial charge in [-0.1, -0.05) is 24.3 Å². The normalized spacial score (nSPS) is 10.2. The number of phenols is 1.